The van der Waals surface area contributed by atoms with Crippen LogP contribution in [0.2, 0.25) is 0 Å². The molecule has 3 N–H and O–H groups in total. The summed E-state index contributed by atoms with van der Waals surface area (Å²) in [5, 5.41) is 10.6. The molecule has 0 amide bonds. The molecule has 17 nitrogen and oxygen atoms in total. The van der Waals surface area contributed by atoms with Gasteiger partial charge in [-0.1, -0.05) is 316 Å². The molecule has 5 atom stereocenters. The molecule has 0 aromatic heterocycles. The number of ether oxygens (including phenoxy) is 4. The first-order valence-corrected chi connectivity index (χ1v) is 41.4. The second kappa shape index (κ2) is 67.7. The number of rotatable bonds is 73. The van der Waals surface area contributed by atoms with Crippen molar-refractivity contribution in [2.24, 2.45) is 5.92 Å². The molecular formula is C75H142O17P2. The topological polar surface area (TPSA) is 237 Å². The number of unbranched alkanes of at least 4 members (excludes halogenated alkanes) is 42. The highest BCUT2D eigenvalue weighted by Gasteiger charge is 2.30. The van der Waals surface area contributed by atoms with Crippen molar-refractivity contribution in [3.05, 3.63) is 24.3 Å². The van der Waals surface area contributed by atoms with Crippen LogP contribution in [-0.4, -0.2) is 96.7 Å². The van der Waals surface area contributed by atoms with E-state index >= 15 is 0 Å². The monoisotopic (exact) mass is 1380 g/mol. The van der Waals surface area contributed by atoms with Crippen LogP contribution in [0.1, 0.15) is 369 Å². The minimum Gasteiger partial charge on any atom is -0.462 e. The number of esters is 4. The van der Waals surface area contributed by atoms with Crippen molar-refractivity contribution in [1.82, 2.24) is 0 Å². The first-order valence-electron chi connectivity index (χ1n) is 38.5. The van der Waals surface area contributed by atoms with E-state index in [9.17, 15) is 43.2 Å². The summed E-state index contributed by atoms with van der Waals surface area (Å²) >= 11 is 0. The number of carbonyl (C=O) groups is 4. The maximum atomic E-state index is 13.1. The van der Waals surface area contributed by atoms with Crippen molar-refractivity contribution in [2.45, 2.75) is 387 Å². The summed E-state index contributed by atoms with van der Waals surface area (Å²) in [4.78, 5) is 72.7. The molecule has 19 heteroatoms. The molecule has 0 radical (unpaired) electrons. The smallest absolute Gasteiger partial charge is 0.462 e. The summed E-state index contributed by atoms with van der Waals surface area (Å²) in [5.74, 6) is -1.35. The molecule has 0 aromatic rings. The average Bonchev–Trinajstić information content (AvgIpc) is 3.75. The Labute approximate surface area is 573 Å². The Hall–Kier alpha value is -2.46. The molecule has 0 aliphatic heterocycles. The van der Waals surface area contributed by atoms with E-state index in [0.29, 0.717) is 25.7 Å². The zero-order chi connectivity index (χ0) is 69.1. The summed E-state index contributed by atoms with van der Waals surface area (Å²) in [6.45, 7) is 7.23. The fourth-order valence-electron chi connectivity index (χ4n) is 11.0. The highest BCUT2D eigenvalue weighted by atomic mass is 31.2. The van der Waals surface area contributed by atoms with Crippen LogP contribution in [-0.2, 0) is 65.4 Å². The van der Waals surface area contributed by atoms with Crippen LogP contribution in [0, 0.1) is 5.92 Å². The van der Waals surface area contributed by atoms with Gasteiger partial charge < -0.3 is 33.8 Å². The lowest BCUT2D eigenvalue weighted by Crippen LogP contribution is -2.30. The molecule has 2 unspecified atom stereocenters. The van der Waals surface area contributed by atoms with Gasteiger partial charge in [-0.15, -0.1) is 0 Å². The number of aliphatic hydroxyl groups is 1. The van der Waals surface area contributed by atoms with Crippen molar-refractivity contribution in [2.75, 3.05) is 39.6 Å². The fraction of sp³-hybridized carbons (Fsp3) is 0.893. The molecule has 0 saturated carbocycles. The van der Waals surface area contributed by atoms with Crippen LogP contribution in [0.15, 0.2) is 24.3 Å². The molecule has 0 rings (SSSR count). The Kier molecular flexibility index (Phi) is 65.9. The average molecular weight is 1380 g/mol. The highest BCUT2D eigenvalue weighted by Crippen LogP contribution is 2.45. The van der Waals surface area contributed by atoms with Crippen molar-refractivity contribution in [1.29, 1.82) is 0 Å². The maximum absolute atomic E-state index is 13.1. The van der Waals surface area contributed by atoms with Gasteiger partial charge >= 0.3 is 39.5 Å². The molecule has 0 aromatic carbocycles. The number of phosphoric acid groups is 2. The van der Waals surface area contributed by atoms with Gasteiger partial charge in [-0.05, 0) is 57.3 Å². The number of hydrogen-bond donors (Lipinski definition) is 3. The van der Waals surface area contributed by atoms with Gasteiger partial charge in [0.05, 0.1) is 26.4 Å². The Balaban J connectivity index is 5.28. The van der Waals surface area contributed by atoms with Crippen molar-refractivity contribution >= 4 is 39.5 Å². The van der Waals surface area contributed by atoms with Crippen molar-refractivity contribution < 1.29 is 80.2 Å². The predicted molar refractivity (Wildman–Crippen MR) is 381 cm³/mol. The SMILES string of the molecule is CCCCCC/C=C\C=C/CCCCCCCC(=O)OC[C@H](COP(=O)(O)OC[C@@H](O)COP(=O)(O)OC[C@@H](COC(=O)CCCCCCCCCCCCC)OC(=O)CCCCCCCCCCCCC)OC(=O)CCCCCCCCCCCCCCCCC(C)C. The molecule has 94 heavy (non-hydrogen) atoms. The lowest BCUT2D eigenvalue weighted by atomic mass is 10.0. The lowest BCUT2D eigenvalue weighted by Gasteiger charge is -2.21. The van der Waals surface area contributed by atoms with Crippen LogP contribution in [0.5, 0.6) is 0 Å². The molecule has 0 aliphatic carbocycles. The van der Waals surface area contributed by atoms with Gasteiger partial charge in [0.15, 0.2) is 12.2 Å². The first kappa shape index (κ1) is 91.5. The van der Waals surface area contributed by atoms with Crippen LogP contribution < -0.4 is 0 Å². The number of aliphatic hydroxyl groups excluding tert-OH is 1. The van der Waals surface area contributed by atoms with Crippen LogP contribution in [0.3, 0.4) is 0 Å². The van der Waals surface area contributed by atoms with Crippen LogP contribution in [0.25, 0.3) is 0 Å². The first-order chi connectivity index (χ1) is 45.5. The number of carbonyl (C=O) groups excluding carboxylic acids is 4. The third-order valence-corrected chi connectivity index (χ3v) is 18.8. The van der Waals surface area contributed by atoms with E-state index < -0.39 is 97.5 Å². The molecule has 0 aliphatic rings. The second-order valence-electron chi connectivity index (χ2n) is 26.8. The Morgan fingerprint density at radius 2 is 0.574 bits per heavy atom. The van der Waals surface area contributed by atoms with E-state index in [1.165, 1.54) is 173 Å². The minimum atomic E-state index is -4.96. The van der Waals surface area contributed by atoms with E-state index in [4.69, 9.17) is 37.0 Å². The van der Waals surface area contributed by atoms with Gasteiger partial charge in [-0.25, -0.2) is 9.13 Å². The van der Waals surface area contributed by atoms with Gasteiger partial charge in [0.2, 0.25) is 0 Å². The third kappa shape index (κ3) is 68.1. The molecule has 0 saturated heterocycles. The summed E-state index contributed by atoms with van der Waals surface area (Å²) < 4.78 is 68.4. The molecule has 0 fully saturated rings. The van der Waals surface area contributed by atoms with E-state index in [1.807, 2.05) is 0 Å². The zero-order valence-electron chi connectivity index (χ0n) is 60.6. The summed E-state index contributed by atoms with van der Waals surface area (Å²) in [6.07, 6.45) is 58.9. The van der Waals surface area contributed by atoms with Crippen molar-refractivity contribution in [3.63, 3.8) is 0 Å². The number of hydrogen-bond acceptors (Lipinski definition) is 15. The fourth-order valence-corrected chi connectivity index (χ4v) is 12.6. The van der Waals surface area contributed by atoms with Gasteiger partial charge in [0, 0.05) is 25.7 Å². The van der Waals surface area contributed by atoms with Crippen LogP contribution >= 0.6 is 15.6 Å². The quantitative estimate of drug-likeness (QED) is 0.0169. The van der Waals surface area contributed by atoms with Gasteiger partial charge in [0.25, 0.3) is 0 Å². The summed E-state index contributed by atoms with van der Waals surface area (Å²) in [7, 11) is -9.92. The van der Waals surface area contributed by atoms with Gasteiger partial charge in [-0.2, -0.15) is 0 Å². The summed E-state index contributed by atoms with van der Waals surface area (Å²) in [5.41, 5.74) is 0. The number of allylic oxidation sites excluding steroid dienone is 4. The minimum absolute atomic E-state index is 0.101. The Morgan fingerprint density at radius 1 is 0.330 bits per heavy atom. The molecular weight excluding hydrogens is 1230 g/mol. The maximum Gasteiger partial charge on any atom is 0.472 e. The molecule has 0 bridgehead atoms. The van der Waals surface area contributed by atoms with Crippen LogP contribution in [0.4, 0.5) is 0 Å². The van der Waals surface area contributed by atoms with E-state index in [1.54, 1.807) is 0 Å². The molecule has 554 valence electrons. The van der Waals surface area contributed by atoms with E-state index in [-0.39, 0.29) is 25.7 Å². The zero-order valence-corrected chi connectivity index (χ0v) is 62.4. The lowest BCUT2D eigenvalue weighted by molar-refractivity contribution is -0.161. The number of phosphoric ester groups is 2. The highest BCUT2D eigenvalue weighted by molar-refractivity contribution is 7.47. The third-order valence-electron chi connectivity index (χ3n) is 16.9. The predicted octanol–water partition coefficient (Wildman–Crippen LogP) is 21.6. The van der Waals surface area contributed by atoms with Gasteiger partial charge in [0.1, 0.15) is 19.3 Å². The Morgan fingerprint density at radius 3 is 0.872 bits per heavy atom. The standard InChI is InChI=1S/C75H142O17P2/c1-6-9-12-15-18-21-24-25-26-30-35-39-44-49-54-59-73(78)86-65-71(92-75(80)61-56-51-46-41-36-31-28-27-29-34-37-42-47-52-57-68(4)5)67-90-94(83,84)88-63-69(76)62-87-93(81,82)89-66-70(91-74(79)60-55-50-45-40-33-23-20-17-14-11-8-3)64-85-72(77)58-53-48-43-38-32-22-19-16-13-10-7-2/h21,24-26,68-71,76H,6-20,22-23,27-67H2,1-5H3,(H,81,82)(H,83,84)/b24-21-,26-25-/t69-,70+,71+/m0/s1. The largest absolute Gasteiger partial charge is 0.472 e. The van der Waals surface area contributed by atoms with E-state index in [0.717, 1.165) is 115 Å². The van der Waals surface area contributed by atoms with E-state index in [2.05, 4.69) is 58.9 Å². The molecule has 0 heterocycles. The van der Waals surface area contributed by atoms with Crippen molar-refractivity contribution in [3.8, 4) is 0 Å². The summed E-state index contributed by atoms with van der Waals surface area (Å²) in [6, 6.07) is 0. The normalized spacial score (nSPS) is 14.1. The Bertz CT molecular complexity index is 1900. The van der Waals surface area contributed by atoms with Gasteiger partial charge in [-0.3, -0.25) is 37.3 Å². The second-order valence-corrected chi connectivity index (χ2v) is 29.7. The molecule has 0 spiro atoms.